The van der Waals surface area contributed by atoms with Gasteiger partial charge < -0.3 is 15.5 Å². The van der Waals surface area contributed by atoms with Crippen molar-refractivity contribution in [1.29, 1.82) is 0 Å². The van der Waals surface area contributed by atoms with Crippen LogP contribution in [-0.4, -0.2) is 25.9 Å². The first-order valence-corrected chi connectivity index (χ1v) is 7.34. The lowest BCUT2D eigenvalue weighted by atomic mass is 10.1. The van der Waals surface area contributed by atoms with Crippen molar-refractivity contribution in [2.75, 3.05) is 29.6 Å². The molecule has 0 saturated carbocycles. The van der Waals surface area contributed by atoms with Gasteiger partial charge in [0.25, 0.3) is 5.91 Å². The molecule has 2 N–H and O–H groups in total. The standard InChI is InChI=1S/C18H21N3O2/c1-12-8-9-15(19-13(2)22)11-17(12)20-18(23)14-6-5-7-16(10-14)21(3)4/h5-11H,1-4H3,(H,19,22)(H,20,23). The minimum atomic E-state index is -0.184. The maximum absolute atomic E-state index is 12.5. The molecule has 2 aromatic rings. The number of carbonyl (C=O) groups excluding carboxylic acids is 2. The van der Waals surface area contributed by atoms with Crippen LogP contribution in [0, 0.1) is 6.92 Å². The van der Waals surface area contributed by atoms with E-state index >= 15 is 0 Å². The Labute approximate surface area is 136 Å². The van der Waals surface area contributed by atoms with Crippen LogP contribution in [0.3, 0.4) is 0 Å². The minimum Gasteiger partial charge on any atom is -0.378 e. The van der Waals surface area contributed by atoms with Gasteiger partial charge in [-0.1, -0.05) is 12.1 Å². The third-order valence-electron chi connectivity index (χ3n) is 3.43. The molecule has 5 nitrogen and oxygen atoms in total. The summed E-state index contributed by atoms with van der Waals surface area (Å²) < 4.78 is 0. The maximum Gasteiger partial charge on any atom is 0.255 e. The molecule has 120 valence electrons. The quantitative estimate of drug-likeness (QED) is 0.911. The van der Waals surface area contributed by atoms with E-state index in [1.54, 1.807) is 18.2 Å². The van der Waals surface area contributed by atoms with Gasteiger partial charge in [0.2, 0.25) is 5.91 Å². The van der Waals surface area contributed by atoms with Crippen LogP contribution in [0.2, 0.25) is 0 Å². The van der Waals surface area contributed by atoms with E-state index in [-0.39, 0.29) is 11.8 Å². The predicted octanol–water partition coefficient (Wildman–Crippen LogP) is 3.27. The molecular formula is C18H21N3O2. The molecule has 0 fully saturated rings. The summed E-state index contributed by atoms with van der Waals surface area (Å²) in [6.07, 6.45) is 0. The predicted molar refractivity (Wildman–Crippen MR) is 94.2 cm³/mol. The molecule has 0 bridgehead atoms. The summed E-state index contributed by atoms with van der Waals surface area (Å²) in [5.74, 6) is -0.332. The number of nitrogens with one attached hydrogen (secondary N) is 2. The normalized spacial score (nSPS) is 10.1. The van der Waals surface area contributed by atoms with Gasteiger partial charge in [-0.15, -0.1) is 0 Å². The second-order valence-corrected chi connectivity index (χ2v) is 5.61. The van der Waals surface area contributed by atoms with Gasteiger partial charge in [-0.3, -0.25) is 9.59 Å². The van der Waals surface area contributed by atoms with Crippen molar-refractivity contribution < 1.29 is 9.59 Å². The Balaban J connectivity index is 2.22. The van der Waals surface area contributed by atoms with Crippen LogP contribution in [0.5, 0.6) is 0 Å². The zero-order chi connectivity index (χ0) is 17.0. The average molecular weight is 311 g/mol. The second kappa shape index (κ2) is 6.96. The molecule has 5 heteroatoms. The van der Waals surface area contributed by atoms with Crippen LogP contribution in [0.1, 0.15) is 22.8 Å². The van der Waals surface area contributed by atoms with Gasteiger partial charge in [0.15, 0.2) is 0 Å². The first kappa shape index (κ1) is 16.5. The van der Waals surface area contributed by atoms with Gasteiger partial charge in [-0.05, 0) is 42.8 Å². The van der Waals surface area contributed by atoms with Gasteiger partial charge in [0.05, 0.1) is 0 Å². The Kier molecular flexibility index (Phi) is 5.01. The lowest BCUT2D eigenvalue weighted by Crippen LogP contribution is -2.15. The summed E-state index contributed by atoms with van der Waals surface area (Å²) in [5.41, 5.74) is 3.80. The van der Waals surface area contributed by atoms with Crippen molar-refractivity contribution in [3.8, 4) is 0 Å². The number of aryl methyl sites for hydroxylation is 1. The zero-order valence-corrected chi connectivity index (χ0v) is 13.8. The Morgan fingerprint density at radius 3 is 2.39 bits per heavy atom. The first-order valence-electron chi connectivity index (χ1n) is 7.34. The molecular weight excluding hydrogens is 290 g/mol. The molecule has 0 aromatic heterocycles. The van der Waals surface area contributed by atoms with E-state index in [2.05, 4.69) is 10.6 Å². The van der Waals surface area contributed by atoms with Gasteiger partial charge in [-0.2, -0.15) is 0 Å². The van der Waals surface area contributed by atoms with Crippen molar-refractivity contribution >= 4 is 28.9 Å². The molecule has 2 amide bonds. The Hall–Kier alpha value is -2.82. The van der Waals surface area contributed by atoms with Gasteiger partial charge in [-0.25, -0.2) is 0 Å². The number of hydrogen-bond donors (Lipinski definition) is 2. The van der Waals surface area contributed by atoms with Crippen molar-refractivity contribution in [1.82, 2.24) is 0 Å². The summed E-state index contributed by atoms with van der Waals surface area (Å²) in [6, 6.07) is 12.8. The molecule has 0 aliphatic heterocycles. The van der Waals surface area contributed by atoms with Crippen molar-refractivity contribution in [2.45, 2.75) is 13.8 Å². The van der Waals surface area contributed by atoms with Gasteiger partial charge in [0.1, 0.15) is 0 Å². The fourth-order valence-electron chi connectivity index (χ4n) is 2.16. The molecule has 0 atom stereocenters. The molecule has 0 aliphatic rings. The molecule has 0 heterocycles. The monoisotopic (exact) mass is 311 g/mol. The highest BCUT2D eigenvalue weighted by Crippen LogP contribution is 2.22. The van der Waals surface area contributed by atoms with Crippen LogP contribution in [0.4, 0.5) is 17.1 Å². The minimum absolute atomic E-state index is 0.148. The van der Waals surface area contributed by atoms with Crippen LogP contribution in [0.15, 0.2) is 42.5 Å². The maximum atomic E-state index is 12.5. The van der Waals surface area contributed by atoms with E-state index in [1.807, 2.05) is 50.2 Å². The third kappa shape index (κ3) is 4.32. The summed E-state index contributed by atoms with van der Waals surface area (Å²) in [7, 11) is 3.86. The number of nitrogens with zero attached hydrogens (tertiary/aromatic N) is 1. The van der Waals surface area contributed by atoms with E-state index in [0.29, 0.717) is 16.9 Å². The fraction of sp³-hybridized carbons (Fsp3) is 0.222. The number of benzene rings is 2. The Bertz CT molecular complexity index is 739. The summed E-state index contributed by atoms with van der Waals surface area (Å²) in [6.45, 7) is 3.36. The lowest BCUT2D eigenvalue weighted by molar-refractivity contribution is -0.114. The van der Waals surface area contributed by atoms with E-state index in [0.717, 1.165) is 11.3 Å². The van der Waals surface area contributed by atoms with Crippen LogP contribution in [-0.2, 0) is 4.79 Å². The molecule has 0 unspecified atom stereocenters. The number of carbonyl (C=O) groups is 2. The largest absolute Gasteiger partial charge is 0.378 e. The molecule has 23 heavy (non-hydrogen) atoms. The van der Waals surface area contributed by atoms with Gasteiger partial charge >= 0.3 is 0 Å². The summed E-state index contributed by atoms with van der Waals surface area (Å²) in [5, 5.41) is 5.61. The van der Waals surface area contributed by atoms with E-state index in [1.165, 1.54) is 6.92 Å². The lowest BCUT2D eigenvalue weighted by Gasteiger charge is -2.14. The average Bonchev–Trinajstić information content (AvgIpc) is 2.50. The topological polar surface area (TPSA) is 61.4 Å². The SMILES string of the molecule is CC(=O)Nc1ccc(C)c(NC(=O)c2cccc(N(C)C)c2)c1. The first-order chi connectivity index (χ1) is 10.9. The zero-order valence-electron chi connectivity index (χ0n) is 13.8. The van der Waals surface area contributed by atoms with E-state index in [9.17, 15) is 9.59 Å². The molecule has 2 aromatic carbocycles. The molecule has 0 radical (unpaired) electrons. The van der Waals surface area contributed by atoms with Gasteiger partial charge in [0, 0.05) is 43.6 Å². The Morgan fingerprint density at radius 1 is 1.00 bits per heavy atom. The smallest absolute Gasteiger partial charge is 0.255 e. The highest BCUT2D eigenvalue weighted by Gasteiger charge is 2.10. The number of amides is 2. The molecule has 0 aliphatic carbocycles. The summed E-state index contributed by atoms with van der Waals surface area (Å²) in [4.78, 5) is 25.6. The van der Waals surface area contributed by atoms with E-state index < -0.39 is 0 Å². The van der Waals surface area contributed by atoms with Crippen LogP contribution < -0.4 is 15.5 Å². The Morgan fingerprint density at radius 2 is 1.74 bits per heavy atom. The highest BCUT2D eigenvalue weighted by atomic mass is 16.2. The second-order valence-electron chi connectivity index (χ2n) is 5.61. The summed E-state index contributed by atoms with van der Waals surface area (Å²) >= 11 is 0. The van der Waals surface area contributed by atoms with Crippen LogP contribution in [0.25, 0.3) is 0 Å². The van der Waals surface area contributed by atoms with Crippen LogP contribution >= 0.6 is 0 Å². The highest BCUT2D eigenvalue weighted by molar-refractivity contribution is 6.05. The molecule has 2 rings (SSSR count). The molecule has 0 spiro atoms. The number of hydrogen-bond acceptors (Lipinski definition) is 3. The van der Waals surface area contributed by atoms with Crippen molar-refractivity contribution in [3.63, 3.8) is 0 Å². The van der Waals surface area contributed by atoms with Crippen molar-refractivity contribution in [3.05, 3.63) is 53.6 Å². The number of anilines is 3. The fourth-order valence-corrected chi connectivity index (χ4v) is 2.16. The molecule has 0 saturated heterocycles. The van der Waals surface area contributed by atoms with Crippen molar-refractivity contribution in [2.24, 2.45) is 0 Å². The number of rotatable bonds is 4. The van der Waals surface area contributed by atoms with E-state index in [4.69, 9.17) is 0 Å². The third-order valence-corrected chi connectivity index (χ3v) is 3.43.